The van der Waals surface area contributed by atoms with E-state index in [2.05, 4.69) is 54.6 Å². The Bertz CT molecular complexity index is 1290. The quantitative estimate of drug-likeness (QED) is 0.399. The van der Waals surface area contributed by atoms with Crippen LogP contribution in [-0.4, -0.2) is 24.9 Å². The Morgan fingerprint density at radius 3 is 2.62 bits per heavy atom. The molecular formula is C22H19N7. The molecule has 5 aromatic rings. The molecule has 142 valence electrons. The van der Waals surface area contributed by atoms with Crippen molar-refractivity contribution >= 4 is 45.2 Å². The molecule has 3 N–H and O–H groups in total. The minimum absolute atomic E-state index is 0.477. The first-order chi connectivity index (χ1) is 14.3. The molecule has 0 aliphatic heterocycles. The molecular weight excluding hydrogens is 362 g/mol. The number of pyridine rings is 1. The number of anilines is 4. The molecule has 3 aromatic heterocycles. The normalized spacial score (nSPS) is 11.1. The van der Waals surface area contributed by atoms with Crippen LogP contribution in [0, 0.1) is 0 Å². The Morgan fingerprint density at radius 1 is 0.897 bits per heavy atom. The SMILES string of the molecule is CCc1ccc(Nc2nc(Nc3cnc4ccccc4c3)c3[nH]cnc3n2)cc1. The maximum atomic E-state index is 4.65. The number of fused-ring (bicyclic) bond motifs is 2. The summed E-state index contributed by atoms with van der Waals surface area (Å²) in [4.78, 5) is 21.1. The minimum Gasteiger partial charge on any atom is -0.340 e. The van der Waals surface area contributed by atoms with E-state index < -0.39 is 0 Å². The third-order valence-electron chi connectivity index (χ3n) is 4.76. The molecule has 0 unspecified atom stereocenters. The Morgan fingerprint density at radius 2 is 1.76 bits per heavy atom. The van der Waals surface area contributed by atoms with Gasteiger partial charge in [0.1, 0.15) is 5.52 Å². The highest BCUT2D eigenvalue weighted by Crippen LogP contribution is 2.25. The van der Waals surface area contributed by atoms with Crippen LogP contribution in [0.1, 0.15) is 12.5 Å². The molecule has 0 aliphatic carbocycles. The average Bonchev–Trinajstić information content (AvgIpc) is 3.23. The van der Waals surface area contributed by atoms with E-state index in [0.29, 0.717) is 17.4 Å². The van der Waals surface area contributed by atoms with Crippen molar-refractivity contribution in [3.63, 3.8) is 0 Å². The lowest BCUT2D eigenvalue weighted by Gasteiger charge is -2.10. The van der Waals surface area contributed by atoms with Gasteiger partial charge in [0.05, 0.1) is 23.7 Å². The Labute approximate surface area is 167 Å². The van der Waals surface area contributed by atoms with Gasteiger partial charge in [-0.1, -0.05) is 37.3 Å². The van der Waals surface area contributed by atoms with Gasteiger partial charge in [-0.2, -0.15) is 9.97 Å². The summed E-state index contributed by atoms with van der Waals surface area (Å²) in [5.41, 5.74) is 5.33. The number of aromatic nitrogens is 5. The summed E-state index contributed by atoms with van der Waals surface area (Å²) >= 11 is 0. The second kappa shape index (κ2) is 7.20. The third kappa shape index (κ3) is 3.45. The van der Waals surface area contributed by atoms with Gasteiger partial charge in [-0.25, -0.2) is 4.98 Å². The van der Waals surface area contributed by atoms with E-state index in [-0.39, 0.29) is 0 Å². The molecule has 3 heterocycles. The standard InChI is InChI=1S/C22H19N7/c1-2-14-7-9-16(10-8-14)27-22-28-20-19(24-13-25-20)21(29-22)26-17-11-15-5-3-4-6-18(15)23-12-17/h3-13H,2H2,1H3,(H3,24,25,26,27,28,29). The molecule has 0 aliphatic rings. The number of aromatic amines is 1. The Balaban J connectivity index is 1.49. The molecule has 0 saturated carbocycles. The summed E-state index contributed by atoms with van der Waals surface area (Å²) in [6.45, 7) is 2.14. The summed E-state index contributed by atoms with van der Waals surface area (Å²) in [6.07, 6.45) is 4.41. The zero-order valence-electron chi connectivity index (χ0n) is 15.8. The largest absolute Gasteiger partial charge is 0.340 e. The fourth-order valence-electron chi connectivity index (χ4n) is 3.21. The molecule has 0 amide bonds. The predicted octanol–water partition coefficient (Wildman–Crippen LogP) is 4.95. The molecule has 0 radical (unpaired) electrons. The lowest BCUT2D eigenvalue weighted by molar-refractivity contribution is 1.14. The molecule has 0 atom stereocenters. The average molecular weight is 381 g/mol. The maximum absolute atomic E-state index is 4.65. The molecule has 2 aromatic carbocycles. The first-order valence-electron chi connectivity index (χ1n) is 9.47. The fourth-order valence-corrected chi connectivity index (χ4v) is 3.21. The smallest absolute Gasteiger partial charge is 0.231 e. The highest BCUT2D eigenvalue weighted by atomic mass is 15.2. The molecule has 29 heavy (non-hydrogen) atoms. The first kappa shape index (κ1) is 17.1. The number of nitrogens with one attached hydrogen (secondary N) is 3. The Kier molecular flexibility index (Phi) is 4.25. The van der Waals surface area contributed by atoms with Crippen LogP contribution < -0.4 is 10.6 Å². The van der Waals surface area contributed by atoms with E-state index in [1.54, 1.807) is 12.5 Å². The van der Waals surface area contributed by atoms with E-state index in [4.69, 9.17) is 0 Å². The molecule has 7 heteroatoms. The zero-order chi connectivity index (χ0) is 19.6. The van der Waals surface area contributed by atoms with Crippen molar-refractivity contribution in [1.29, 1.82) is 0 Å². The molecule has 0 fully saturated rings. The number of benzene rings is 2. The van der Waals surface area contributed by atoms with Crippen LogP contribution >= 0.6 is 0 Å². The van der Waals surface area contributed by atoms with Gasteiger partial charge in [-0.05, 0) is 36.2 Å². The van der Waals surface area contributed by atoms with Crippen LogP contribution in [0.15, 0.2) is 67.1 Å². The first-order valence-corrected chi connectivity index (χ1v) is 9.47. The van der Waals surface area contributed by atoms with E-state index >= 15 is 0 Å². The highest BCUT2D eigenvalue weighted by Gasteiger charge is 2.11. The van der Waals surface area contributed by atoms with Crippen LogP contribution in [0.3, 0.4) is 0 Å². The molecule has 0 bridgehead atoms. The topological polar surface area (TPSA) is 91.4 Å². The molecule has 0 saturated heterocycles. The van der Waals surface area contributed by atoms with Gasteiger partial charge in [-0.15, -0.1) is 0 Å². The molecule has 7 nitrogen and oxygen atoms in total. The highest BCUT2D eigenvalue weighted by molar-refractivity contribution is 5.88. The van der Waals surface area contributed by atoms with Crippen molar-refractivity contribution in [2.45, 2.75) is 13.3 Å². The van der Waals surface area contributed by atoms with Gasteiger partial charge in [0, 0.05) is 11.1 Å². The number of aryl methyl sites for hydroxylation is 1. The lowest BCUT2D eigenvalue weighted by Crippen LogP contribution is -2.02. The van der Waals surface area contributed by atoms with Gasteiger partial charge in [0.15, 0.2) is 11.5 Å². The van der Waals surface area contributed by atoms with Gasteiger partial charge >= 0.3 is 0 Å². The van der Waals surface area contributed by atoms with Crippen molar-refractivity contribution < 1.29 is 0 Å². The summed E-state index contributed by atoms with van der Waals surface area (Å²) in [5.74, 6) is 1.11. The number of imidazole rings is 1. The summed E-state index contributed by atoms with van der Waals surface area (Å²) in [7, 11) is 0. The van der Waals surface area contributed by atoms with Crippen LogP contribution in [0.5, 0.6) is 0 Å². The van der Waals surface area contributed by atoms with E-state index in [0.717, 1.165) is 34.2 Å². The fraction of sp³-hybridized carbons (Fsp3) is 0.0909. The van der Waals surface area contributed by atoms with E-state index in [1.165, 1.54) is 5.56 Å². The van der Waals surface area contributed by atoms with Gasteiger partial charge < -0.3 is 15.6 Å². The van der Waals surface area contributed by atoms with Crippen molar-refractivity contribution in [3.8, 4) is 0 Å². The van der Waals surface area contributed by atoms with Crippen LogP contribution in [0.4, 0.5) is 23.1 Å². The number of hydrogen-bond acceptors (Lipinski definition) is 6. The number of hydrogen-bond donors (Lipinski definition) is 3. The van der Waals surface area contributed by atoms with Gasteiger partial charge in [0.25, 0.3) is 0 Å². The minimum atomic E-state index is 0.477. The number of H-pyrrole nitrogens is 1. The van der Waals surface area contributed by atoms with Crippen molar-refractivity contribution in [2.75, 3.05) is 10.6 Å². The molecule has 5 rings (SSSR count). The monoisotopic (exact) mass is 381 g/mol. The maximum Gasteiger partial charge on any atom is 0.231 e. The van der Waals surface area contributed by atoms with Crippen LogP contribution in [0.25, 0.3) is 22.1 Å². The van der Waals surface area contributed by atoms with E-state index in [9.17, 15) is 0 Å². The van der Waals surface area contributed by atoms with Gasteiger partial charge in [-0.3, -0.25) is 4.98 Å². The summed E-state index contributed by atoms with van der Waals surface area (Å²) in [5, 5.41) is 7.66. The zero-order valence-corrected chi connectivity index (χ0v) is 15.8. The number of para-hydroxylation sites is 1. The third-order valence-corrected chi connectivity index (χ3v) is 4.76. The number of rotatable bonds is 5. The summed E-state index contributed by atoms with van der Waals surface area (Å²) < 4.78 is 0. The van der Waals surface area contributed by atoms with Crippen molar-refractivity contribution in [3.05, 3.63) is 72.7 Å². The number of nitrogens with zero attached hydrogens (tertiary/aromatic N) is 4. The van der Waals surface area contributed by atoms with Gasteiger partial charge in [0.2, 0.25) is 5.95 Å². The summed E-state index contributed by atoms with van der Waals surface area (Å²) in [6, 6.07) is 18.3. The second-order valence-corrected chi connectivity index (χ2v) is 6.71. The van der Waals surface area contributed by atoms with Crippen LogP contribution in [0.2, 0.25) is 0 Å². The lowest BCUT2D eigenvalue weighted by atomic mass is 10.1. The van der Waals surface area contributed by atoms with E-state index in [1.807, 2.05) is 42.5 Å². The van der Waals surface area contributed by atoms with Crippen LogP contribution in [-0.2, 0) is 6.42 Å². The second-order valence-electron chi connectivity index (χ2n) is 6.71. The van der Waals surface area contributed by atoms with Crippen molar-refractivity contribution in [2.24, 2.45) is 0 Å². The van der Waals surface area contributed by atoms with Crippen molar-refractivity contribution in [1.82, 2.24) is 24.9 Å². The predicted molar refractivity (Wildman–Crippen MR) is 116 cm³/mol. The Hall–Kier alpha value is -4.00. The molecule has 0 spiro atoms.